The van der Waals surface area contributed by atoms with Crippen molar-refractivity contribution in [3.63, 3.8) is 0 Å². The van der Waals surface area contributed by atoms with Crippen LogP contribution in [0.4, 0.5) is 0 Å². The molecule has 1 aliphatic rings. The van der Waals surface area contributed by atoms with Crippen LogP contribution < -0.4 is 0 Å². The SMILES string of the molecule is CC(C)[Si](C[C@H]1CC[C@H](C(=O)c2ccc3ccccc3c2)O1)(C(C)C)C(C)C. The number of carbonyl (C=O) groups is 1. The molecule has 152 valence electrons. The summed E-state index contributed by atoms with van der Waals surface area (Å²) in [6.07, 6.45) is 1.85. The number of benzene rings is 2. The number of Topliss-reactive ketones (excluding diaryl/α,β-unsaturated/α-hetero) is 1. The predicted octanol–water partition coefficient (Wildman–Crippen LogP) is 7.25. The van der Waals surface area contributed by atoms with Crippen LogP contribution in [-0.2, 0) is 4.74 Å². The van der Waals surface area contributed by atoms with Crippen LogP contribution in [0.5, 0.6) is 0 Å². The van der Waals surface area contributed by atoms with E-state index < -0.39 is 8.07 Å². The maximum absolute atomic E-state index is 13.1. The third kappa shape index (κ3) is 3.97. The number of fused-ring (bicyclic) bond motifs is 1. The van der Waals surface area contributed by atoms with E-state index in [0.717, 1.165) is 40.4 Å². The first-order valence-electron chi connectivity index (χ1n) is 10.9. The van der Waals surface area contributed by atoms with Crippen LogP contribution in [0.15, 0.2) is 42.5 Å². The van der Waals surface area contributed by atoms with Gasteiger partial charge in [0.1, 0.15) is 6.10 Å². The van der Waals surface area contributed by atoms with Crippen molar-refractivity contribution < 1.29 is 9.53 Å². The van der Waals surface area contributed by atoms with Crippen molar-refractivity contribution in [1.29, 1.82) is 0 Å². The Labute approximate surface area is 171 Å². The Morgan fingerprint density at radius 3 is 2.14 bits per heavy atom. The average molecular weight is 397 g/mol. The molecule has 0 N–H and O–H groups in total. The quantitative estimate of drug-likeness (QED) is 0.364. The summed E-state index contributed by atoms with van der Waals surface area (Å²) < 4.78 is 6.38. The number of ketones is 1. The van der Waals surface area contributed by atoms with Gasteiger partial charge < -0.3 is 4.74 Å². The highest BCUT2D eigenvalue weighted by Crippen LogP contribution is 2.47. The molecule has 2 atom stereocenters. The average Bonchev–Trinajstić information content (AvgIpc) is 3.12. The van der Waals surface area contributed by atoms with Crippen molar-refractivity contribution in [3.05, 3.63) is 48.0 Å². The molecule has 0 bridgehead atoms. The molecule has 28 heavy (non-hydrogen) atoms. The maximum atomic E-state index is 13.1. The number of ether oxygens (including phenoxy) is 1. The lowest BCUT2D eigenvalue weighted by molar-refractivity contribution is 0.0426. The second kappa shape index (κ2) is 8.50. The van der Waals surface area contributed by atoms with Gasteiger partial charge in [-0.2, -0.15) is 0 Å². The van der Waals surface area contributed by atoms with Crippen molar-refractivity contribution in [3.8, 4) is 0 Å². The Hall–Kier alpha value is -1.45. The van der Waals surface area contributed by atoms with E-state index in [1.165, 1.54) is 11.4 Å². The van der Waals surface area contributed by atoms with Crippen LogP contribution in [0, 0.1) is 0 Å². The van der Waals surface area contributed by atoms with Gasteiger partial charge in [-0.3, -0.25) is 4.79 Å². The molecule has 0 spiro atoms. The Kier molecular flexibility index (Phi) is 6.46. The molecular formula is C25H36O2Si. The molecule has 1 saturated heterocycles. The maximum Gasteiger partial charge on any atom is 0.191 e. The van der Waals surface area contributed by atoms with Gasteiger partial charge in [-0.1, -0.05) is 94.6 Å². The topological polar surface area (TPSA) is 26.3 Å². The van der Waals surface area contributed by atoms with Crippen LogP contribution in [0.1, 0.15) is 64.7 Å². The molecular weight excluding hydrogens is 360 g/mol. The minimum Gasteiger partial charge on any atom is -0.367 e. The fourth-order valence-corrected chi connectivity index (χ4v) is 12.2. The lowest BCUT2D eigenvalue weighted by Gasteiger charge is -2.44. The lowest BCUT2D eigenvalue weighted by Crippen LogP contribution is -2.47. The predicted molar refractivity (Wildman–Crippen MR) is 122 cm³/mol. The third-order valence-corrected chi connectivity index (χ3v) is 14.9. The van der Waals surface area contributed by atoms with Gasteiger partial charge >= 0.3 is 0 Å². The second-order valence-electron chi connectivity index (χ2n) is 9.53. The van der Waals surface area contributed by atoms with Gasteiger partial charge in [0.25, 0.3) is 0 Å². The van der Waals surface area contributed by atoms with Crippen LogP contribution in [0.25, 0.3) is 10.8 Å². The lowest BCUT2D eigenvalue weighted by atomic mass is 10.0. The molecule has 2 aromatic carbocycles. The first-order valence-corrected chi connectivity index (χ1v) is 13.4. The smallest absolute Gasteiger partial charge is 0.191 e. The van der Waals surface area contributed by atoms with Gasteiger partial charge in [0, 0.05) is 5.56 Å². The van der Waals surface area contributed by atoms with Gasteiger partial charge in [0.15, 0.2) is 5.78 Å². The Morgan fingerprint density at radius 2 is 1.54 bits per heavy atom. The highest BCUT2D eigenvalue weighted by molar-refractivity contribution is 6.83. The van der Waals surface area contributed by atoms with E-state index in [4.69, 9.17) is 4.74 Å². The number of carbonyl (C=O) groups excluding carboxylic acids is 1. The fourth-order valence-electron chi connectivity index (χ4n) is 5.68. The number of hydrogen-bond donors (Lipinski definition) is 0. The zero-order chi connectivity index (χ0) is 20.5. The molecule has 0 aliphatic carbocycles. The summed E-state index contributed by atoms with van der Waals surface area (Å²) in [5.74, 6) is 0.152. The van der Waals surface area contributed by atoms with Gasteiger partial charge in [-0.25, -0.2) is 0 Å². The van der Waals surface area contributed by atoms with E-state index >= 15 is 0 Å². The van der Waals surface area contributed by atoms with Crippen molar-refractivity contribution in [1.82, 2.24) is 0 Å². The van der Waals surface area contributed by atoms with Crippen molar-refractivity contribution in [2.45, 2.75) is 89.3 Å². The van der Waals surface area contributed by atoms with Gasteiger partial charge in [-0.15, -0.1) is 0 Å². The summed E-state index contributed by atoms with van der Waals surface area (Å²) in [5, 5.41) is 2.29. The normalized spacial score (nSPS) is 20.6. The molecule has 3 heteroatoms. The van der Waals surface area contributed by atoms with Gasteiger partial charge in [0.05, 0.1) is 14.2 Å². The molecule has 0 aromatic heterocycles. The summed E-state index contributed by atoms with van der Waals surface area (Å²) >= 11 is 0. The summed E-state index contributed by atoms with van der Waals surface area (Å²) in [5.41, 5.74) is 2.97. The van der Waals surface area contributed by atoms with Crippen LogP contribution in [0.2, 0.25) is 22.7 Å². The Bertz CT molecular complexity index is 802. The van der Waals surface area contributed by atoms with Crippen molar-refractivity contribution in [2.24, 2.45) is 0 Å². The molecule has 1 aliphatic heterocycles. The first kappa shape index (κ1) is 21.3. The van der Waals surface area contributed by atoms with Crippen molar-refractivity contribution in [2.75, 3.05) is 0 Å². The molecule has 0 radical (unpaired) electrons. The molecule has 0 amide bonds. The molecule has 3 rings (SSSR count). The van der Waals surface area contributed by atoms with Crippen LogP contribution >= 0.6 is 0 Å². The van der Waals surface area contributed by atoms with E-state index in [0.29, 0.717) is 0 Å². The molecule has 0 unspecified atom stereocenters. The number of rotatable bonds is 7. The first-order chi connectivity index (χ1) is 13.3. The summed E-state index contributed by atoms with van der Waals surface area (Å²) in [6, 6.07) is 15.4. The number of hydrogen-bond acceptors (Lipinski definition) is 2. The van der Waals surface area contributed by atoms with Crippen molar-refractivity contribution >= 4 is 24.6 Å². The Morgan fingerprint density at radius 1 is 0.929 bits per heavy atom. The minimum atomic E-state index is -1.51. The highest BCUT2D eigenvalue weighted by atomic mass is 28.3. The van der Waals surface area contributed by atoms with E-state index in [1.807, 2.05) is 30.3 Å². The molecule has 2 nitrogen and oxygen atoms in total. The second-order valence-corrected chi connectivity index (χ2v) is 15.6. The largest absolute Gasteiger partial charge is 0.367 e. The van der Waals surface area contributed by atoms with Crippen LogP contribution in [0.3, 0.4) is 0 Å². The summed E-state index contributed by atoms with van der Waals surface area (Å²) in [4.78, 5) is 13.1. The van der Waals surface area contributed by atoms with E-state index in [1.54, 1.807) is 0 Å². The Balaban J connectivity index is 1.74. The molecule has 1 fully saturated rings. The van der Waals surface area contributed by atoms with Gasteiger partial charge in [0.2, 0.25) is 0 Å². The molecule has 1 heterocycles. The highest BCUT2D eigenvalue weighted by Gasteiger charge is 2.46. The molecule has 0 saturated carbocycles. The van der Waals surface area contributed by atoms with E-state index in [-0.39, 0.29) is 18.0 Å². The molecule has 2 aromatic rings. The minimum absolute atomic E-state index is 0.152. The summed E-state index contributed by atoms with van der Waals surface area (Å²) in [6.45, 7) is 14.4. The van der Waals surface area contributed by atoms with E-state index in [2.05, 4.69) is 53.7 Å². The monoisotopic (exact) mass is 396 g/mol. The zero-order valence-electron chi connectivity index (χ0n) is 18.4. The fraction of sp³-hybridized carbons (Fsp3) is 0.560. The van der Waals surface area contributed by atoms with E-state index in [9.17, 15) is 4.79 Å². The zero-order valence-corrected chi connectivity index (χ0v) is 19.4. The third-order valence-electron chi connectivity index (χ3n) is 7.24. The standard InChI is InChI=1S/C25H36O2Si/c1-17(2)28(18(3)4,19(5)6)16-23-13-14-24(27-23)25(26)22-12-11-20-9-7-8-10-21(20)15-22/h7-12,15,17-19,23-24H,13-14,16H2,1-6H3/t23-,24-/m1/s1. The summed E-state index contributed by atoms with van der Waals surface area (Å²) in [7, 11) is -1.51. The van der Waals surface area contributed by atoms with Crippen LogP contribution in [-0.4, -0.2) is 26.1 Å². The van der Waals surface area contributed by atoms with Gasteiger partial charge in [-0.05, 0) is 35.7 Å².